The van der Waals surface area contributed by atoms with Crippen molar-refractivity contribution in [3.05, 3.63) is 51.7 Å². The van der Waals surface area contributed by atoms with Gasteiger partial charge >= 0.3 is 6.03 Å². The first kappa shape index (κ1) is 18.4. The predicted molar refractivity (Wildman–Crippen MR) is 95.4 cm³/mol. The number of benzene rings is 1. The quantitative estimate of drug-likeness (QED) is 0.822. The predicted octanol–water partition coefficient (Wildman–Crippen LogP) is 2.31. The maximum atomic E-state index is 12.3. The van der Waals surface area contributed by atoms with Crippen LogP contribution in [0.3, 0.4) is 0 Å². The molecule has 0 unspecified atom stereocenters. The molecule has 0 saturated heterocycles. The molecule has 0 aliphatic heterocycles. The monoisotopic (exact) mass is 367 g/mol. The first-order valence-corrected chi connectivity index (χ1v) is 9.64. The molecule has 0 atom stereocenters. The second kappa shape index (κ2) is 7.78. The largest absolute Gasteiger partial charge is 0.334 e. The maximum absolute atomic E-state index is 12.3. The molecule has 8 heteroatoms. The molecular formula is C16H21N3O3S2. The van der Waals surface area contributed by atoms with E-state index in [4.69, 9.17) is 0 Å². The standard InChI is InChI=1S/C16H21N3O3S2/c1-12-8-9-14(23-12)11-18-16(20)17-10-13-6-4-5-7-15(13)24(21,22)19(2)3/h4-9H,10-11H2,1-3H3,(H2,17,18,20). The molecule has 1 heterocycles. The second-order valence-corrected chi connectivity index (χ2v) is 8.94. The van der Waals surface area contributed by atoms with Crippen LogP contribution in [0.2, 0.25) is 0 Å². The average molecular weight is 367 g/mol. The number of carbonyl (C=O) groups is 1. The van der Waals surface area contributed by atoms with Gasteiger partial charge in [-0.15, -0.1) is 11.3 Å². The lowest BCUT2D eigenvalue weighted by molar-refractivity contribution is 0.240. The van der Waals surface area contributed by atoms with Crippen LogP contribution in [-0.4, -0.2) is 32.8 Å². The van der Waals surface area contributed by atoms with Gasteiger partial charge in [0.25, 0.3) is 0 Å². The molecule has 1 aromatic carbocycles. The molecule has 2 rings (SSSR count). The molecule has 6 nitrogen and oxygen atoms in total. The molecule has 0 saturated carbocycles. The topological polar surface area (TPSA) is 78.5 Å². The van der Waals surface area contributed by atoms with Gasteiger partial charge in [-0.1, -0.05) is 18.2 Å². The van der Waals surface area contributed by atoms with Crippen molar-refractivity contribution in [1.82, 2.24) is 14.9 Å². The molecular weight excluding hydrogens is 346 g/mol. The van der Waals surface area contributed by atoms with E-state index in [2.05, 4.69) is 10.6 Å². The Bertz CT molecular complexity index is 813. The van der Waals surface area contributed by atoms with Gasteiger partial charge in [-0.3, -0.25) is 0 Å². The first-order chi connectivity index (χ1) is 11.3. The van der Waals surface area contributed by atoms with Crippen LogP contribution >= 0.6 is 11.3 Å². The number of rotatable bonds is 6. The van der Waals surface area contributed by atoms with Crippen LogP contribution in [0.15, 0.2) is 41.3 Å². The van der Waals surface area contributed by atoms with Gasteiger partial charge in [0.15, 0.2) is 0 Å². The highest BCUT2D eigenvalue weighted by molar-refractivity contribution is 7.89. The SMILES string of the molecule is Cc1ccc(CNC(=O)NCc2ccccc2S(=O)(=O)N(C)C)s1. The third-order valence-corrected chi connectivity index (χ3v) is 6.31. The number of thiophene rings is 1. The molecule has 0 aliphatic carbocycles. The lowest BCUT2D eigenvalue weighted by Gasteiger charge is -2.15. The Morgan fingerprint density at radius 1 is 1.08 bits per heavy atom. The van der Waals surface area contributed by atoms with Gasteiger partial charge in [0, 0.05) is 30.4 Å². The highest BCUT2D eigenvalue weighted by Gasteiger charge is 2.20. The summed E-state index contributed by atoms with van der Waals surface area (Å²) in [4.78, 5) is 14.4. The van der Waals surface area contributed by atoms with Gasteiger partial charge in [-0.05, 0) is 30.7 Å². The van der Waals surface area contributed by atoms with Gasteiger partial charge in [-0.2, -0.15) is 0 Å². The summed E-state index contributed by atoms with van der Waals surface area (Å²) in [7, 11) is -0.582. The molecule has 0 spiro atoms. The minimum Gasteiger partial charge on any atom is -0.334 e. The van der Waals surface area contributed by atoms with Crippen molar-refractivity contribution >= 4 is 27.4 Å². The van der Waals surface area contributed by atoms with E-state index < -0.39 is 10.0 Å². The fraction of sp³-hybridized carbons (Fsp3) is 0.312. The fourth-order valence-corrected chi connectivity index (χ4v) is 4.03. The molecule has 0 fully saturated rings. The van der Waals surface area contributed by atoms with Crippen LogP contribution in [0.25, 0.3) is 0 Å². The molecule has 24 heavy (non-hydrogen) atoms. The minimum atomic E-state index is -3.54. The third kappa shape index (κ3) is 4.56. The fourth-order valence-electron chi connectivity index (χ4n) is 2.08. The average Bonchev–Trinajstić information content (AvgIpc) is 2.96. The summed E-state index contributed by atoms with van der Waals surface area (Å²) in [5.41, 5.74) is 0.549. The van der Waals surface area contributed by atoms with Gasteiger partial charge in [0.2, 0.25) is 10.0 Å². The van der Waals surface area contributed by atoms with Crippen molar-refractivity contribution in [2.75, 3.05) is 14.1 Å². The lowest BCUT2D eigenvalue weighted by Crippen LogP contribution is -2.35. The highest BCUT2D eigenvalue weighted by atomic mass is 32.2. The zero-order valence-corrected chi connectivity index (χ0v) is 15.5. The summed E-state index contributed by atoms with van der Waals surface area (Å²) in [5.74, 6) is 0. The number of hydrogen-bond donors (Lipinski definition) is 2. The third-order valence-electron chi connectivity index (χ3n) is 3.39. The van der Waals surface area contributed by atoms with Crippen molar-refractivity contribution in [1.29, 1.82) is 0 Å². The lowest BCUT2D eigenvalue weighted by atomic mass is 10.2. The summed E-state index contributed by atoms with van der Waals surface area (Å²) in [5, 5.41) is 5.46. The normalized spacial score (nSPS) is 11.5. The minimum absolute atomic E-state index is 0.137. The number of urea groups is 1. The van der Waals surface area contributed by atoms with Crippen LogP contribution in [0.4, 0.5) is 4.79 Å². The molecule has 2 aromatic rings. The summed E-state index contributed by atoms with van der Waals surface area (Å²) in [6.45, 7) is 2.59. The number of sulfonamides is 1. The Morgan fingerprint density at radius 2 is 1.75 bits per heavy atom. The van der Waals surface area contributed by atoms with Gasteiger partial charge in [0.05, 0.1) is 11.4 Å². The molecule has 130 valence electrons. The van der Waals surface area contributed by atoms with Crippen molar-refractivity contribution in [2.45, 2.75) is 24.9 Å². The molecule has 0 radical (unpaired) electrons. The zero-order valence-electron chi connectivity index (χ0n) is 13.9. The Morgan fingerprint density at radius 3 is 2.38 bits per heavy atom. The van der Waals surface area contributed by atoms with Crippen LogP contribution in [0, 0.1) is 6.92 Å². The van der Waals surface area contributed by atoms with E-state index >= 15 is 0 Å². The van der Waals surface area contributed by atoms with Gasteiger partial charge in [-0.25, -0.2) is 17.5 Å². The summed E-state index contributed by atoms with van der Waals surface area (Å²) in [6, 6.07) is 10.3. The van der Waals surface area contributed by atoms with E-state index in [1.54, 1.807) is 35.6 Å². The molecule has 0 bridgehead atoms. The summed E-state index contributed by atoms with van der Waals surface area (Å²) < 4.78 is 25.8. The Labute approximate surface area is 146 Å². The van der Waals surface area contributed by atoms with Crippen LogP contribution < -0.4 is 10.6 Å². The Kier molecular flexibility index (Phi) is 5.98. The molecule has 2 N–H and O–H groups in total. The van der Waals surface area contributed by atoms with Gasteiger partial charge in [0.1, 0.15) is 0 Å². The Hall–Kier alpha value is -1.90. The van der Waals surface area contributed by atoms with Crippen LogP contribution in [-0.2, 0) is 23.1 Å². The molecule has 0 aliphatic rings. The Balaban J connectivity index is 1.98. The van der Waals surface area contributed by atoms with Crippen molar-refractivity contribution in [3.8, 4) is 0 Å². The number of hydrogen-bond acceptors (Lipinski definition) is 4. The van der Waals surface area contributed by atoms with E-state index in [9.17, 15) is 13.2 Å². The van der Waals surface area contributed by atoms with Gasteiger partial charge < -0.3 is 10.6 Å². The highest BCUT2D eigenvalue weighted by Crippen LogP contribution is 2.18. The van der Waals surface area contributed by atoms with Crippen molar-refractivity contribution < 1.29 is 13.2 Å². The molecule has 2 amide bonds. The number of nitrogens with zero attached hydrogens (tertiary/aromatic N) is 1. The zero-order chi connectivity index (χ0) is 17.7. The summed E-state index contributed by atoms with van der Waals surface area (Å²) in [6.07, 6.45) is 0. The number of carbonyl (C=O) groups excluding carboxylic acids is 1. The number of aryl methyl sites for hydroxylation is 1. The first-order valence-electron chi connectivity index (χ1n) is 7.38. The summed E-state index contributed by atoms with van der Waals surface area (Å²) >= 11 is 1.63. The van der Waals surface area contributed by atoms with E-state index in [0.29, 0.717) is 12.1 Å². The smallest absolute Gasteiger partial charge is 0.315 e. The second-order valence-electron chi connectivity index (χ2n) is 5.44. The molecule has 1 aromatic heterocycles. The number of amides is 2. The van der Waals surface area contributed by atoms with Crippen molar-refractivity contribution in [3.63, 3.8) is 0 Å². The van der Waals surface area contributed by atoms with E-state index in [-0.39, 0.29) is 17.5 Å². The van der Waals surface area contributed by atoms with E-state index in [0.717, 1.165) is 9.18 Å². The van der Waals surface area contributed by atoms with Crippen LogP contribution in [0.5, 0.6) is 0 Å². The number of nitrogens with one attached hydrogen (secondary N) is 2. The van der Waals surface area contributed by atoms with Crippen molar-refractivity contribution in [2.24, 2.45) is 0 Å². The maximum Gasteiger partial charge on any atom is 0.315 e. The van der Waals surface area contributed by atoms with Crippen LogP contribution in [0.1, 0.15) is 15.3 Å². The van der Waals surface area contributed by atoms with E-state index in [1.165, 1.54) is 19.0 Å². The van der Waals surface area contributed by atoms with E-state index in [1.807, 2.05) is 19.1 Å².